The van der Waals surface area contributed by atoms with Crippen molar-refractivity contribution >= 4 is 5.91 Å². The Kier molecular flexibility index (Phi) is 4.91. The Morgan fingerprint density at radius 2 is 2.26 bits per heavy atom. The van der Waals surface area contributed by atoms with E-state index in [4.69, 9.17) is 4.74 Å². The van der Waals surface area contributed by atoms with Crippen molar-refractivity contribution in [1.82, 2.24) is 5.32 Å². The summed E-state index contributed by atoms with van der Waals surface area (Å²) in [4.78, 5) is 11.7. The molecule has 0 aliphatic heterocycles. The van der Waals surface area contributed by atoms with Gasteiger partial charge in [-0.25, -0.2) is 4.39 Å². The Balaban J connectivity index is 1.63. The van der Waals surface area contributed by atoms with Crippen molar-refractivity contribution in [2.24, 2.45) is 5.92 Å². The lowest BCUT2D eigenvalue weighted by atomic mass is 10.1. The Morgan fingerprint density at radius 3 is 2.95 bits per heavy atom. The average molecular weight is 265 g/mol. The van der Waals surface area contributed by atoms with Gasteiger partial charge >= 0.3 is 0 Å². The van der Waals surface area contributed by atoms with E-state index in [1.807, 2.05) is 0 Å². The van der Waals surface area contributed by atoms with Crippen LogP contribution in [0.5, 0.6) is 0 Å². The quantitative estimate of drug-likeness (QED) is 0.770. The molecule has 0 aromatic heterocycles. The number of carbonyl (C=O) groups is 1. The van der Waals surface area contributed by atoms with Crippen LogP contribution in [0.3, 0.4) is 0 Å². The zero-order chi connectivity index (χ0) is 13.7. The highest BCUT2D eigenvalue weighted by Crippen LogP contribution is 2.28. The van der Waals surface area contributed by atoms with Crippen molar-refractivity contribution in [2.75, 3.05) is 19.8 Å². The van der Waals surface area contributed by atoms with E-state index in [-0.39, 0.29) is 11.7 Å². The van der Waals surface area contributed by atoms with E-state index in [0.29, 0.717) is 24.3 Å². The van der Waals surface area contributed by atoms with E-state index < -0.39 is 0 Å². The number of hydrogen-bond donors (Lipinski definition) is 1. The van der Waals surface area contributed by atoms with E-state index in [9.17, 15) is 9.18 Å². The molecule has 1 saturated carbocycles. The van der Waals surface area contributed by atoms with E-state index in [0.717, 1.165) is 18.9 Å². The van der Waals surface area contributed by atoms with Gasteiger partial charge in [-0.05, 0) is 49.8 Å². The van der Waals surface area contributed by atoms with Crippen LogP contribution >= 0.6 is 0 Å². The SMILES string of the molecule is Cc1ccc(C(=O)NCCCOCC2CC2)cc1F. The summed E-state index contributed by atoms with van der Waals surface area (Å²) in [6, 6.07) is 4.52. The summed E-state index contributed by atoms with van der Waals surface area (Å²) in [6.45, 7) is 3.74. The first-order chi connectivity index (χ1) is 9.16. The summed E-state index contributed by atoms with van der Waals surface area (Å²) < 4.78 is 18.8. The third-order valence-electron chi connectivity index (χ3n) is 3.24. The van der Waals surface area contributed by atoms with Crippen LogP contribution in [-0.4, -0.2) is 25.7 Å². The third kappa shape index (κ3) is 4.63. The predicted molar refractivity (Wildman–Crippen MR) is 71.6 cm³/mol. The molecule has 0 heterocycles. The molecule has 0 atom stereocenters. The van der Waals surface area contributed by atoms with Crippen LogP contribution in [0.4, 0.5) is 4.39 Å². The largest absolute Gasteiger partial charge is 0.381 e. The molecule has 1 aliphatic carbocycles. The molecule has 104 valence electrons. The first kappa shape index (κ1) is 14.0. The fraction of sp³-hybridized carbons (Fsp3) is 0.533. The van der Waals surface area contributed by atoms with Gasteiger partial charge in [-0.15, -0.1) is 0 Å². The molecule has 1 aromatic rings. The molecule has 19 heavy (non-hydrogen) atoms. The van der Waals surface area contributed by atoms with Gasteiger partial charge in [0.2, 0.25) is 0 Å². The normalized spacial score (nSPS) is 14.4. The third-order valence-corrected chi connectivity index (χ3v) is 3.24. The van der Waals surface area contributed by atoms with Crippen molar-refractivity contribution in [2.45, 2.75) is 26.2 Å². The second-order valence-electron chi connectivity index (χ2n) is 5.09. The van der Waals surface area contributed by atoms with Gasteiger partial charge in [-0.2, -0.15) is 0 Å². The molecule has 0 saturated heterocycles. The lowest BCUT2D eigenvalue weighted by molar-refractivity contribution is 0.0937. The van der Waals surface area contributed by atoms with E-state index in [1.54, 1.807) is 19.1 Å². The summed E-state index contributed by atoms with van der Waals surface area (Å²) in [5, 5.41) is 2.76. The second kappa shape index (κ2) is 6.66. The summed E-state index contributed by atoms with van der Waals surface area (Å²) in [7, 11) is 0. The number of nitrogens with one attached hydrogen (secondary N) is 1. The van der Waals surface area contributed by atoms with Crippen LogP contribution in [0, 0.1) is 18.7 Å². The fourth-order valence-electron chi connectivity index (χ4n) is 1.75. The highest BCUT2D eigenvalue weighted by Gasteiger charge is 2.20. The molecule has 1 aromatic carbocycles. The van der Waals surface area contributed by atoms with Gasteiger partial charge in [-0.3, -0.25) is 4.79 Å². The van der Waals surface area contributed by atoms with Crippen LogP contribution in [0.25, 0.3) is 0 Å². The maximum Gasteiger partial charge on any atom is 0.251 e. The minimum atomic E-state index is -0.347. The van der Waals surface area contributed by atoms with Gasteiger partial charge < -0.3 is 10.1 Å². The topological polar surface area (TPSA) is 38.3 Å². The zero-order valence-electron chi connectivity index (χ0n) is 11.2. The fourth-order valence-corrected chi connectivity index (χ4v) is 1.75. The molecule has 0 spiro atoms. The van der Waals surface area contributed by atoms with Crippen LogP contribution < -0.4 is 5.32 Å². The number of benzene rings is 1. The lowest BCUT2D eigenvalue weighted by Gasteiger charge is -2.06. The molecule has 1 aliphatic rings. The maximum atomic E-state index is 13.3. The highest BCUT2D eigenvalue weighted by molar-refractivity contribution is 5.94. The van der Waals surface area contributed by atoms with E-state index in [1.165, 1.54) is 18.9 Å². The predicted octanol–water partition coefficient (Wildman–Crippen LogP) is 2.68. The first-order valence-electron chi connectivity index (χ1n) is 6.79. The van der Waals surface area contributed by atoms with Crippen molar-refractivity contribution in [3.63, 3.8) is 0 Å². The molecular weight excluding hydrogens is 245 g/mol. The number of halogens is 1. The number of amides is 1. The summed E-state index contributed by atoms with van der Waals surface area (Å²) >= 11 is 0. The smallest absolute Gasteiger partial charge is 0.251 e. The molecule has 0 bridgehead atoms. The van der Waals surface area contributed by atoms with Gasteiger partial charge in [0.25, 0.3) is 5.91 Å². The molecular formula is C15H20FNO2. The maximum absolute atomic E-state index is 13.3. The van der Waals surface area contributed by atoms with Gasteiger partial charge in [0, 0.05) is 25.3 Å². The number of rotatable bonds is 7. The van der Waals surface area contributed by atoms with Gasteiger partial charge in [-0.1, -0.05) is 6.07 Å². The summed E-state index contributed by atoms with van der Waals surface area (Å²) in [5.74, 6) is 0.187. The monoisotopic (exact) mass is 265 g/mol. The molecule has 0 unspecified atom stereocenters. The van der Waals surface area contributed by atoms with Crippen molar-refractivity contribution < 1.29 is 13.9 Å². The molecule has 3 nitrogen and oxygen atoms in total. The summed E-state index contributed by atoms with van der Waals surface area (Å²) in [6.07, 6.45) is 3.36. The number of carbonyl (C=O) groups excluding carboxylic acids is 1. The molecule has 1 N–H and O–H groups in total. The first-order valence-corrected chi connectivity index (χ1v) is 6.79. The minimum Gasteiger partial charge on any atom is -0.381 e. The second-order valence-corrected chi connectivity index (χ2v) is 5.09. The standard InChI is InChI=1S/C15H20FNO2/c1-11-3-6-13(9-14(11)16)15(18)17-7-2-8-19-10-12-4-5-12/h3,6,9,12H,2,4-5,7-8,10H2,1H3,(H,17,18). The van der Waals surface area contributed by atoms with Crippen LogP contribution in [0.2, 0.25) is 0 Å². The van der Waals surface area contributed by atoms with Gasteiger partial charge in [0.05, 0.1) is 0 Å². The minimum absolute atomic E-state index is 0.235. The molecule has 2 rings (SSSR count). The van der Waals surface area contributed by atoms with Crippen molar-refractivity contribution in [3.05, 3.63) is 35.1 Å². The van der Waals surface area contributed by atoms with Gasteiger partial charge in [0.1, 0.15) is 5.82 Å². The Hall–Kier alpha value is -1.42. The van der Waals surface area contributed by atoms with Crippen molar-refractivity contribution in [1.29, 1.82) is 0 Å². The zero-order valence-corrected chi connectivity index (χ0v) is 11.2. The molecule has 1 fully saturated rings. The lowest BCUT2D eigenvalue weighted by Crippen LogP contribution is -2.25. The Morgan fingerprint density at radius 1 is 1.47 bits per heavy atom. The van der Waals surface area contributed by atoms with E-state index >= 15 is 0 Å². The Labute approximate surface area is 113 Å². The van der Waals surface area contributed by atoms with Crippen LogP contribution in [0.15, 0.2) is 18.2 Å². The van der Waals surface area contributed by atoms with E-state index in [2.05, 4.69) is 5.32 Å². The van der Waals surface area contributed by atoms with Crippen LogP contribution in [-0.2, 0) is 4.74 Å². The summed E-state index contributed by atoms with van der Waals surface area (Å²) in [5.41, 5.74) is 0.909. The molecule has 1 amide bonds. The van der Waals surface area contributed by atoms with Gasteiger partial charge in [0.15, 0.2) is 0 Å². The number of aryl methyl sites for hydroxylation is 1. The van der Waals surface area contributed by atoms with Crippen LogP contribution in [0.1, 0.15) is 35.2 Å². The number of hydrogen-bond acceptors (Lipinski definition) is 2. The molecule has 0 radical (unpaired) electrons. The average Bonchev–Trinajstić information content (AvgIpc) is 3.20. The highest BCUT2D eigenvalue weighted by atomic mass is 19.1. The molecule has 4 heteroatoms. The Bertz CT molecular complexity index is 444. The van der Waals surface area contributed by atoms with Crippen molar-refractivity contribution in [3.8, 4) is 0 Å². The number of ether oxygens (including phenoxy) is 1.